The van der Waals surface area contributed by atoms with Crippen LogP contribution in [-0.4, -0.2) is 0 Å². The maximum atomic E-state index is 2.48. The summed E-state index contributed by atoms with van der Waals surface area (Å²) in [5, 5.41) is 0. The summed E-state index contributed by atoms with van der Waals surface area (Å²) in [5.74, 6) is 2.79. The highest BCUT2D eigenvalue weighted by Gasteiger charge is 2.54. The van der Waals surface area contributed by atoms with E-state index >= 15 is 0 Å². The van der Waals surface area contributed by atoms with Crippen LogP contribution in [0.15, 0.2) is 11.1 Å². The summed E-state index contributed by atoms with van der Waals surface area (Å²) in [6, 6.07) is 0. The van der Waals surface area contributed by atoms with E-state index in [1.807, 2.05) is 5.57 Å². The number of fused-ring (bicyclic) bond motifs is 2. The lowest BCUT2D eigenvalue weighted by atomic mass is 9.45. The Hall–Kier alpha value is -0.260. The van der Waals surface area contributed by atoms with Crippen molar-refractivity contribution in [2.45, 2.75) is 60.3 Å². The zero-order valence-electron chi connectivity index (χ0n) is 11.1. The first-order valence-corrected chi connectivity index (χ1v) is 6.68. The third-order valence-electron chi connectivity index (χ3n) is 5.13. The van der Waals surface area contributed by atoms with Gasteiger partial charge >= 0.3 is 0 Å². The fourth-order valence-electron chi connectivity index (χ4n) is 4.08. The molecule has 0 saturated heterocycles. The monoisotopic (exact) mass is 206 g/mol. The van der Waals surface area contributed by atoms with E-state index in [0.717, 1.165) is 17.8 Å². The predicted octanol–water partition coefficient (Wildman–Crippen LogP) is 4.81. The summed E-state index contributed by atoms with van der Waals surface area (Å²) in [4.78, 5) is 0. The molecule has 3 atom stereocenters. The van der Waals surface area contributed by atoms with Gasteiger partial charge in [0.1, 0.15) is 0 Å². The molecule has 3 saturated carbocycles. The van der Waals surface area contributed by atoms with Crippen molar-refractivity contribution in [3.63, 3.8) is 0 Å². The van der Waals surface area contributed by atoms with E-state index in [4.69, 9.17) is 0 Å². The molecule has 0 aromatic rings. The lowest BCUT2D eigenvalue weighted by molar-refractivity contribution is -0.0454. The van der Waals surface area contributed by atoms with Gasteiger partial charge in [-0.1, -0.05) is 45.3 Å². The van der Waals surface area contributed by atoms with Crippen LogP contribution >= 0.6 is 0 Å². The molecule has 0 radical (unpaired) electrons. The quantitative estimate of drug-likeness (QED) is 0.569. The molecule has 0 aromatic carbocycles. The molecule has 0 nitrogen and oxygen atoms in total. The average Bonchev–Trinajstić information content (AvgIpc) is 2.17. The molecule has 15 heavy (non-hydrogen) atoms. The van der Waals surface area contributed by atoms with Crippen LogP contribution < -0.4 is 0 Å². The number of hydrogen-bond acceptors (Lipinski definition) is 0. The topological polar surface area (TPSA) is 0 Å². The van der Waals surface area contributed by atoms with Crippen LogP contribution in [0, 0.1) is 23.2 Å². The van der Waals surface area contributed by atoms with Gasteiger partial charge in [0.15, 0.2) is 0 Å². The molecule has 3 fully saturated rings. The van der Waals surface area contributed by atoms with E-state index in [1.54, 1.807) is 5.57 Å². The second kappa shape index (κ2) is 3.64. The molecule has 0 spiro atoms. The molecule has 0 N–H and O–H groups in total. The molecule has 3 rings (SSSR count). The predicted molar refractivity (Wildman–Crippen MR) is 66.8 cm³/mol. The molecular formula is C15H26. The van der Waals surface area contributed by atoms with Crippen molar-refractivity contribution in [3.8, 4) is 0 Å². The summed E-state index contributed by atoms with van der Waals surface area (Å²) in [5.41, 5.74) is 4.15. The second-order valence-corrected chi connectivity index (χ2v) is 6.43. The average molecular weight is 206 g/mol. The van der Waals surface area contributed by atoms with Crippen molar-refractivity contribution in [2.24, 2.45) is 23.2 Å². The standard InChI is InChI=1S/C15H26/c1-6-7-10(2)14-11(3)8-12-9-13(14)15(12,4)5/h11-13H,6-9H2,1-5H3/b14-10+/t11-,12+,13+/m0/s1. The van der Waals surface area contributed by atoms with Crippen molar-refractivity contribution < 1.29 is 0 Å². The van der Waals surface area contributed by atoms with Crippen LogP contribution in [0.25, 0.3) is 0 Å². The zero-order chi connectivity index (χ0) is 11.2. The van der Waals surface area contributed by atoms with Crippen molar-refractivity contribution >= 4 is 0 Å². The Morgan fingerprint density at radius 3 is 2.53 bits per heavy atom. The SMILES string of the molecule is CCC/C(C)=C1/[C@H]2C[C@@H](C[C@@H]1C)C2(C)C. The number of allylic oxidation sites excluding steroid dienone is 2. The van der Waals surface area contributed by atoms with Crippen molar-refractivity contribution in [3.05, 3.63) is 11.1 Å². The van der Waals surface area contributed by atoms with Gasteiger partial charge in [-0.15, -0.1) is 0 Å². The van der Waals surface area contributed by atoms with Gasteiger partial charge in [0.2, 0.25) is 0 Å². The number of rotatable bonds is 2. The van der Waals surface area contributed by atoms with Gasteiger partial charge in [-0.2, -0.15) is 0 Å². The third-order valence-corrected chi connectivity index (χ3v) is 5.13. The summed E-state index contributed by atoms with van der Waals surface area (Å²) in [6.07, 6.45) is 5.54. The normalized spacial score (nSPS) is 41.0. The highest BCUT2D eigenvalue weighted by molar-refractivity contribution is 5.28. The smallest absolute Gasteiger partial charge is 0.0141 e. The molecule has 86 valence electrons. The van der Waals surface area contributed by atoms with Crippen LogP contribution in [0.4, 0.5) is 0 Å². The van der Waals surface area contributed by atoms with E-state index in [1.165, 1.54) is 25.7 Å². The molecule has 0 aromatic heterocycles. The second-order valence-electron chi connectivity index (χ2n) is 6.43. The Morgan fingerprint density at radius 2 is 2.00 bits per heavy atom. The van der Waals surface area contributed by atoms with Crippen LogP contribution in [0.1, 0.15) is 60.3 Å². The Morgan fingerprint density at radius 1 is 1.33 bits per heavy atom. The first kappa shape index (κ1) is 11.2. The zero-order valence-corrected chi connectivity index (χ0v) is 11.1. The molecule has 3 aliphatic carbocycles. The van der Waals surface area contributed by atoms with Gasteiger partial charge in [0, 0.05) is 0 Å². The van der Waals surface area contributed by atoms with E-state index in [0.29, 0.717) is 5.41 Å². The largest absolute Gasteiger partial charge is 0.0736 e. The van der Waals surface area contributed by atoms with Crippen LogP contribution in [0.2, 0.25) is 0 Å². The van der Waals surface area contributed by atoms with Crippen LogP contribution in [0.5, 0.6) is 0 Å². The summed E-state index contributed by atoms with van der Waals surface area (Å²) >= 11 is 0. The maximum Gasteiger partial charge on any atom is -0.0141 e. The van der Waals surface area contributed by atoms with Gasteiger partial charge in [-0.3, -0.25) is 0 Å². The first-order valence-electron chi connectivity index (χ1n) is 6.68. The third kappa shape index (κ3) is 1.57. The molecular weight excluding hydrogens is 180 g/mol. The minimum atomic E-state index is 0.608. The lowest BCUT2D eigenvalue weighted by Gasteiger charge is -2.60. The summed E-state index contributed by atoms with van der Waals surface area (Å²) < 4.78 is 0. The maximum absolute atomic E-state index is 2.48. The Kier molecular flexibility index (Phi) is 2.73. The minimum Gasteiger partial charge on any atom is -0.0736 e. The first-order chi connectivity index (χ1) is 6.98. The van der Waals surface area contributed by atoms with E-state index in [-0.39, 0.29) is 0 Å². The molecule has 0 unspecified atom stereocenters. The molecule has 0 heterocycles. The Balaban J connectivity index is 2.26. The van der Waals surface area contributed by atoms with Crippen LogP contribution in [0.3, 0.4) is 0 Å². The van der Waals surface area contributed by atoms with E-state index in [2.05, 4.69) is 34.6 Å². The summed E-state index contributed by atoms with van der Waals surface area (Å²) in [6.45, 7) is 12.1. The van der Waals surface area contributed by atoms with E-state index < -0.39 is 0 Å². The molecule has 0 heteroatoms. The Bertz CT molecular complexity index is 282. The van der Waals surface area contributed by atoms with Gasteiger partial charge in [-0.25, -0.2) is 0 Å². The van der Waals surface area contributed by atoms with Gasteiger partial charge < -0.3 is 0 Å². The fourth-order valence-corrected chi connectivity index (χ4v) is 4.08. The Labute approximate surface area is 95.1 Å². The van der Waals surface area contributed by atoms with Gasteiger partial charge in [0.05, 0.1) is 0 Å². The molecule has 0 amide bonds. The van der Waals surface area contributed by atoms with Crippen LogP contribution in [-0.2, 0) is 0 Å². The highest BCUT2D eigenvalue weighted by Crippen LogP contribution is 2.63. The molecule has 2 bridgehead atoms. The van der Waals surface area contributed by atoms with Crippen molar-refractivity contribution in [2.75, 3.05) is 0 Å². The van der Waals surface area contributed by atoms with Gasteiger partial charge in [-0.05, 0) is 49.4 Å². The van der Waals surface area contributed by atoms with Gasteiger partial charge in [0.25, 0.3) is 0 Å². The van der Waals surface area contributed by atoms with Crippen molar-refractivity contribution in [1.29, 1.82) is 0 Å². The highest BCUT2D eigenvalue weighted by atomic mass is 14.6. The van der Waals surface area contributed by atoms with E-state index in [9.17, 15) is 0 Å². The number of hydrogen-bond donors (Lipinski definition) is 0. The minimum absolute atomic E-state index is 0.608. The molecule has 0 aliphatic heterocycles. The fraction of sp³-hybridized carbons (Fsp3) is 0.867. The molecule has 3 aliphatic rings. The summed E-state index contributed by atoms with van der Waals surface area (Å²) in [7, 11) is 0. The van der Waals surface area contributed by atoms with Crippen molar-refractivity contribution in [1.82, 2.24) is 0 Å². The lowest BCUT2D eigenvalue weighted by Crippen LogP contribution is -2.51.